The minimum atomic E-state index is -0.559. The number of carbonyl (C=O) groups excluding carboxylic acids is 3. The Hall–Kier alpha value is -3.46. The molecule has 1 N–H and O–H groups in total. The lowest BCUT2D eigenvalue weighted by atomic mass is 10.1. The van der Waals surface area contributed by atoms with Crippen molar-refractivity contribution in [2.45, 2.75) is 20.5 Å². The molecule has 0 aliphatic carbocycles. The third-order valence-corrected chi connectivity index (χ3v) is 6.84. The number of carbonyl (C=O) groups is 3. The zero-order valence-electron chi connectivity index (χ0n) is 20.6. The van der Waals surface area contributed by atoms with Gasteiger partial charge in [0.25, 0.3) is 11.1 Å². The van der Waals surface area contributed by atoms with Crippen molar-refractivity contribution < 1.29 is 23.9 Å². The average molecular weight is 571 g/mol. The average Bonchev–Trinajstić information content (AvgIpc) is 3.12. The third kappa shape index (κ3) is 6.89. The SMILES string of the molecule is CCOc1cc(C=C2SC(=O)N(CC(=O)Nc3cccc(C)c3)C2=O)cc(Cl)c1OCc1ccc(Cl)cc1. The molecule has 1 saturated heterocycles. The number of thioether (sulfide) groups is 1. The monoisotopic (exact) mass is 570 g/mol. The highest BCUT2D eigenvalue weighted by Crippen LogP contribution is 2.39. The molecule has 10 heteroatoms. The Kier molecular flexibility index (Phi) is 8.99. The van der Waals surface area contributed by atoms with Gasteiger partial charge in [0.1, 0.15) is 13.2 Å². The first kappa shape index (κ1) is 27.6. The van der Waals surface area contributed by atoms with E-state index in [1.807, 2.05) is 38.1 Å². The van der Waals surface area contributed by atoms with Crippen LogP contribution in [-0.4, -0.2) is 35.1 Å². The van der Waals surface area contributed by atoms with E-state index in [1.165, 1.54) is 0 Å². The molecule has 4 rings (SSSR count). The number of ether oxygens (including phenoxy) is 2. The molecule has 0 spiro atoms. The molecule has 1 aliphatic heterocycles. The first-order valence-corrected chi connectivity index (χ1v) is 13.3. The summed E-state index contributed by atoms with van der Waals surface area (Å²) in [4.78, 5) is 39.0. The van der Waals surface area contributed by atoms with Crippen LogP contribution in [0, 0.1) is 6.92 Å². The van der Waals surface area contributed by atoms with Gasteiger partial charge in [-0.3, -0.25) is 19.3 Å². The molecule has 0 atom stereocenters. The second-order valence-corrected chi connectivity index (χ2v) is 10.2. The van der Waals surface area contributed by atoms with Crippen LogP contribution in [-0.2, 0) is 16.2 Å². The van der Waals surface area contributed by atoms with E-state index in [2.05, 4.69) is 5.32 Å². The van der Waals surface area contributed by atoms with Crippen LogP contribution in [0.4, 0.5) is 10.5 Å². The number of hydrogen-bond acceptors (Lipinski definition) is 6. The molecule has 3 aromatic carbocycles. The van der Waals surface area contributed by atoms with Gasteiger partial charge in [0.05, 0.1) is 16.5 Å². The quantitative estimate of drug-likeness (QED) is 0.280. The molecule has 3 amide bonds. The molecule has 38 heavy (non-hydrogen) atoms. The fourth-order valence-corrected chi connectivity index (χ4v) is 4.90. The smallest absolute Gasteiger partial charge is 0.294 e. The second-order valence-electron chi connectivity index (χ2n) is 8.36. The summed E-state index contributed by atoms with van der Waals surface area (Å²) in [6.07, 6.45) is 1.54. The molecule has 196 valence electrons. The number of nitrogens with one attached hydrogen (secondary N) is 1. The lowest BCUT2D eigenvalue weighted by Crippen LogP contribution is -2.36. The van der Waals surface area contributed by atoms with E-state index in [0.717, 1.165) is 27.8 Å². The number of rotatable bonds is 9. The predicted octanol–water partition coefficient (Wildman–Crippen LogP) is 6.95. The Bertz CT molecular complexity index is 1410. The van der Waals surface area contributed by atoms with Crippen molar-refractivity contribution >= 4 is 63.8 Å². The number of imide groups is 1. The van der Waals surface area contributed by atoms with Crippen LogP contribution in [0.15, 0.2) is 65.6 Å². The van der Waals surface area contributed by atoms with Crippen molar-refractivity contribution in [2.75, 3.05) is 18.5 Å². The molecule has 0 bridgehead atoms. The largest absolute Gasteiger partial charge is 0.490 e. The Morgan fingerprint density at radius 1 is 1.05 bits per heavy atom. The highest BCUT2D eigenvalue weighted by Gasteiger charge is 2.36. The van der Waals surface area contributed by atoms with Crippen LogP contribution in [0.2, 0.25) is 10.0 Å². The number of aryl methyl sites for hydroxylation is 1. The van der Waals surface area contributed by atoms with Crippen molar-refractivity contribution in [3.63, 3.8) is 0 Å². The normalized spacial score (nSPS) is 14.2. The molecule has 1 heterocycles. The van der Waals surface area contributed by atoms with Crippen LogP contribution in [0.25, 0.3) is 6.08 Å². The summed E-state index contributed by atoms with van der Waals surface area (Å²) in [5.74, 6) is -0.266. The van der Waals surface area contributed by atoms with Crippen molar-refractivity contribution in [2.24, 2.45) is 0 Å². The van der Waals surface area contributed by atoms with Gasteiger partial charge < -0.3 is 14.8 Å². The van der Waals surface area contributed by atoms with Gasteiger partial charge >= 0.3 is 0 Å². The fourth-order valence-electron chi connectivity index (χ4n) is 3.67. The zero-order valence-corrected chi connectivity index (χ0v) is 23.0. The van der Waals surface area contributed by atoms with Crippen LogP contribution in [0.3, 0.4) is 0 Å². The van der Waals surface area contributed by atoms with Crippen LogP contribution < -0.4 is 14.8 Å². The van der Waals surface area contributed by atoms with E-state index in [4.69, 9.17) is 32.7 Å². The summed E-state index contributed by atoms with van der Waals surface area (Å²) >= 11 is 13.2. The van der Waals surface area contributed by atoms with E-state index in [1.54, 1.807) is 42.5 Å². The van der Waals surface area contributed by atoms with Crippen molar-refractivity contribution in [1.82, 2.24) is 4.90 Å². The summed E-state index contributed by atoms with van der Waals surface area (Å²) < 4.78 is 11.7. The lowest BCUT2D eigenvalue weighted by molar-refractivity contribution is -0.127. The summed E-state index contributed by atoms with van der Waals surface area (Å²) in [6.45, 7) is 3.96. The predicted molar refractivity (Wildman–Crippen MR) is 151 cm³/mol. The zero-order chi connectivity index (χ0) is 27.2. The van der Waals surface area contributed by atoms with Gasteiger partial charge in [-0.05, 0) is 84.8 Å². The van der Waals surface area contributed by atoms with E-state index >= 15 is 0 Å². The number of anilines is 1. The molecule has 0 aromatic heterocycles. The summed E-state index contributed by atoms with van der Waals surface area (Å²) in [5, 5.41) is 3.09. The van der Waals surface area contributed by atoms with Gasteiger partial charge in [0.15, 0.2) is 11.5 Å². The minimum Gasteiger partial charge on any atom is -0.490 e. The summed E-state index contributed by atoms with van der Waals surface area (Å²) in [6, 6.07) is 17.8. The Balaban J connectivity index is 1.48. The number of benzene rings is 3. The lowest BCUT2D eigenvalue weighted by Gasteiger charge is -2.15. The van der Waals surface area contributed by atoms with Gasteiger partial charge in [0.2, 0.25) is 5.91 Å². The number of hydrogen-bond donors (Lipinski definition) is 1. The Morgan fingerprint density at radius 3 is 2.53 bits per heavy atom. The van der Waals surface area contributed by atoms with Crippen molar-refractivity contribution in [1.29, 1.82) is 0 Å². The van der Waals surface area contributed by atoms with Gasteiger partial charge in [-0.15, -0.1) is 0 Å². The Morgan fingerprint density at radius 2 is 1.82 bits per heavy atom. The number of nitrogens with zero attached hydrogens (tertiary/aromatic N) is 1. The molecule has 3 aromatic rings. The van der Waals surface area contributed by atoms with E-state index in [0.29, 0.717) is 34.4 Å². The molecule has 0 radical (unpaired) electrons. The summed E-state index contributed by atoms with van der Waals surface area (Å²) in [5.41, 5.74) is 3.02. The van der Waals surface area contributed by atoms with Gasteiger partial charge in [0, 0.05) is 10.7 Å². The van der Waals surface area contributed by atoms with Gasteiger partial charge in [-0.1, -0.05) is 47.5 Å². The molecular weight excluding hydrogens is 547 g/mol. The molecule has 1 fully saturated rings. The van der Waals surface area contributed by atoms with Gasteiger partial charge in [-0.25, -0.2) is 0 Å². The number of amides is 3. The highest BCUT2D eigenvalue weighted by molar-refractivity contribution is 8.18. The first-order valence-electron chi connectivity index (χ1n) is 11.7. The van der Waals surface area contributed by atoms with Crippen molar-refractivity contribution in [3.8, 4) is 11.5 Å². The van der Waals surface area contributed by atoms with Crippen molar-refractivity contribution in [3.05, 3.63) is 92.3 Å². The molecular formula is C28H24Cl2N2O5S. The summed E-state index contributed by atoms with van der Waals surface area (Å²) in [7, 11) is 0. The second kappa shape index (κ2) is 12.4. The fraction of sp³-hybridized carbons (Fsp3) is 0.179. The molecule has 1 aliphatic rings. The van der Waals surface area contributed by atoms with Gasteiger partial charge in [-0.2, -0.15) is 0 Å². The van der Waals surface area contributed by atoms with Crippen LogP contribution in [0.5, 0.6) is 11.5 Å². The van der Waals surface area contributed by atoms with E-state index in [-0.39, 0.29) is 16.5 Å². The first-order chi connectivity index (χ1) is 18.2. The minimum absolute atomic E-state index is 0.173. The molecule has 7 nitrogen and oxygen atoms in total. The highest BCUT2D eigenvalue weighted by atomic mass is 35.5. The topological polar surface area (TPSA) is 84.9 Å². The standard InChI is InChI=1S/C28H24Cl2N2O5S/c1-3-36-23-13-19(12-22(30)26(23)37-16-18-7-9-20(29)10-8-18)14-24-27(34)32(28(35)38-24)15-25(33)31-21-6-4-5-17(2)11-21/h4-14H,3,15-16H2,1-2H3,(H,31,33). The third-order valence-electron chi connectivity index (χ3n) is 5.40. The Labute approximate surface area is 234 Å². The van der Waals surface area contributed by atoms with E-state index in [9.17, 15) is 14.4 Å². The van der Waals surface area contributed by atoms with Crippen LogP contribution in [0.1, 0.15) is 23.6 Å². The number of halogens is 2. The maximum absolute atomic E-state index is 12.9. The maximum atomic E-state index is 12.9. The van der Waals surface area contributed by atoms with Crippen LogP contribution >= 0.6 is 35.0 Å². The maximum Gasteiger partial charge on any atom is 0.294 e. The van der Waals surface area contributed by atoms with E-state index < -0.39 is 23.6 Å². The molecule has 0 unspecified atom stereocenters. The molecule has 0 saturated carbocycles.